The number of hydrogen-bond acceptors (Lipinski definition) is 4. The summed E-state index contributed by atoms with van der Waals surface area (Å²) in [6.07, 6.45) is -6.24. The van der Waals surface area contributed by atoms with Gasteiger partial charge < -0.3 is 19.9 Å². The largest absolute Gasteiger partial charge is 0.497 e. The Kier molecular flexibility index (Phi) is 5.33. The number of carboxylic acid groups (broad SMARTS) is 1. The van der Waals surface area contributed by atoms with Crippen molar-refractivity contribution in [1.29, 1.82) is 0 Å². The Bertz CT molecular complexity index is 632. The van der Waals surface area contributed by atoms with Gasteiger partial charge in [-0.15, -0.1) is 0 Å². The minimum Gasteiger partial charge on any atom is -0.497 e. The third-order valence-corrected chi connectivity index (χ3v) is 3.66. The number of aliphatic carboxylic acids is 1. The van der Waals surface area contributed by atoms with Crippen LogP contribution in [0.2, 0.25) is 0 Å². The molecule has 0 unspecified atom stereocenters. The van der Waals surface area contributed by atoms with Gasteiger partial charge in [0.25, 0.3) is 0 Å². The summed E-state index contributed by atoms with van der Waals surface area (Å²) in [5.74, 6) is -1.75. The third-order valence-electron chi connectivity index (χ3n) is 3.66. The Hall–Kier alpha value is -2.29. The Labute approximate surface area is 135 Å². The van der Waals surface area contributed by atoms with Gasteiger partial charge in [-0.1, -0.05) is 6.07 Å². The van der Waals surface area contributed by atoms with E-state index in [1.165, 1.54) is 19.2 Å². The number of carbonyl (C=O) groups is 2. The first-order chi connectivity index (χ1) is 11.2. The summed E-state index contributed by atoms with van der Waals surface area (Å²) in [4.78, 5) is 22.7. The highest BCUT2D eigenvalue weighted by Gasteiger charge is 2.36. The van der Waals surface area contributed by atoms with E-state index in [2.05, 4.69) is 5.32 Å². The zero-order valence-corrected chi connectivity index (χ0v) is 12.7. The lowest BCUT2D eigenvalue weighted by Crippen LogP contribution is -2.35. The molecule has 1 aromatic carbocycles. The molecule has 1 fully saturated rings. The number of alkyl halides is 3. The van der Waals surface area contributed by atoms with E-state index in [9.17, 15) is 22.8 Å². The van der Waals surface area contributed by atoms with Crippen molar-refractivity contribution in [3.8, 4) is 5.75 Å². The standard InChI is InChI=1S/C15H16F3NO5/c1-23-9-3-2-8(10(6-9)15(16,17)18)7-19-13(20)11-4-5-12(24-11)14(21)22/h2-3,6,11-12H,4-5,7H2,1H3,(H,19,20)(H,21,22)/t11-,12+/m0/s1. The molecule has 0 bridgehead atoms. The molecule has 2 N–H and O–H groups in total. The van der Waals surface area contributed by atoms with Gasteiger partial charge in [0.1, 0.15) is 11.9 Å². The van der Waals surface area contributed by atoms with Crippen molar-refractivity contribution in [2.45, 2.75) is 37.8 Å². The molecule has 2 rings (SSSR count). The molecule has 1 heterocycles. The van der Waals surface area contributed by atoms with Gasteiger partial charge >= 0.3 is 12.1 Å². The molecule has 24 heavy (non-hydrogen) atoms. The maximum Gasteiger partial charge on any atom is 0.416 e. The molecule has 0 spiro atoms. The number of rotatable bonds is 5. The monoisotopic (exact) mass is 347 g/mol. The molecule has 132 valence electrons. The Morgan fingerprint density at radius 2 is 2.00 bits per heavy atom. The molecule has 1 aliphatic rings. The molecule has 6 nitrogen and oxygen atoms in total. The van der Waals surface area contributed by atoms with Gasteiger partial charge in [-0.2, -0.15) is 13.2 Å². The van der Waals surface area contributed by atoms with Crippen molar-refractivity contribution in [3.05, 3.63) is 29.3 Å². The van der Waals surface area contributed by atoms with Crippen molar-refractivity contribution in [2.24, 2.45) is 0 Å². The number of nitrogens with one attached hydrogen (secondary N) is 1. The fourth-order valence-corrected chi connectivity index (χ4v) is 2.41. The number of methoxy groups -OCH3 is 1. The average molecular weight is 347 g/mol. The van der Waals surface area contributed by atoms with Crippen LogP contribution in [0.4, 0.5) is 13.2 Å². The van der Waals surface area contributed by atoms with Crippen molar-refractivity contribution >= 4 is 11.9 Å². The fraction of sp³-hybridized carbons (Fsp3) is 0.467. The number of amides is 1. The topological polar surface area (TPSA) is 84.9 Å². The number of hydrogen-bond donors (Lipinski definition) is 2. The highest BCUT2D eigenvalue weighted by Crippen LogP contribution is 2.34. The zero-order chi connectivity index (χ0) is 17.9. The van der Waals surface area contributed by atoms with E-state index in [4.69, 9.17) is 14.6 Å². The van der Waals surface area contributed by atoms with Gasteiger partial charge in [0, 0.05) is 6.54 Å². The fourth-order valence-electron chi connectivity index (χ4n) is 2.41. The zero-order valence-electron chi connectivity index (χ0n) is 12.7. The normalized spacial score (nSPS) is 20.7. The second-order valence-electron chi connectivity index (χ2n) is 5.27. The van der Waals surface area contributed by atoms with Crippen molar-refractivity contribution in [3.63, 3.8) is 0 Å². The van der Waals surface area contributed by atoms with Crippen LogP contribution in [0, 0.1) is 0 Å². The second-order valence-corrected chi connectivity index (χ2v) is 5.27. The molecular formula is C15H16F3NO5. The van der Waals surface area contributed by atoms with Gasteiger partial charge in [-0.25, -0.2) is 4.79 Å². The van der Waals surface area contributed by atoms with Gasteiger partial charge in [0.05, 0.1) is 12.7 Å². The van der Waals surface area contributed by atoms with E-state index in [0.717, 1.165) is 6.07 Å². The predicted octanol–water partition coefficient (Wildman–Crippen LogP) is 1.96. The molecule has 0 radical (unpaired) electrons. The minimum atomic E-state index is -4.59. The summed E-state index contributed by atoms with van der Waals surface area (Å²) in [6, 6.07) is 3.44. The van der Waals surface area contributed by atoms with Crippen LogP contribution < -0.4 is 10.1 Å². The van der Waals surface area contributed by atoms with Crippen LogP contribution in [-0.4, -0.2) is 36.3 Å². The van der Waals surface area contributed by atoms with Crippen molar-refractivity contribution < 1.29 is 37.3 Å². The Balaban J connectivity index is 2.04. The number of carbonyl (C=O) groups excluding carboxylic acids is 1. The summed E-state index contributed by atoms with van der Waals surface area (Å²) in [7, 11) is 1.26. The highest BCUT2D eigenvalue weighted by atomic mass is 19.4. The SMILES string of the molecule is COc1ccc(CNC(=O)[C@@H]2CC[C@H](C(=O)O)O2)c(C(F)(F)F)c1. The van der Waals surface area contributed by atoms with Gasteiger partial charge in [-0.05, 0) is 30.5 Å². The summed E-state index contributed by atoms with van der Waals surface area (Å²) in [5.41, 5.74) is -1.03. The molecule has 1 saturated heterocycles. The lowest BCUT2D eigenvalue weighted by molar-refractivity contribution is -0.152. The number of carboxylic acids is 1. The van der Waals surface area contributed by atoms with Crippen LogP contribution in [0.3, 0.4) is 0 Å². The first kappa shape index (κ1) is 18.1. The number of halogens is 3. The van der Waals surface area contributed by atoms with Crippen LogP contribution in [0.25, 0.3) is 0 Å². The molecule has 0 aliphatic carbocycles. The first-order valence-electron chi connectivity index (χ1n) is 7.12. The summed E-state index contributed by atoms with van der Waals surface area (Å²) in [6.45, 7) is -0.352. The van der Waals surface area contributed by atoms with E-state index >= 15 is 0 Å². The van der Waals surface area contributed by atoms with Crippen molar-refractivity contribution in [2.75, 3.05) is 7.11 Å². The summed E-state index contributed by atoms with van der Waals surface area (Å²) < 4.78 is 49.1. The molecule has 1 amide bonds. The van der Waals surface area contributed by atoms with E-state index in [0.29, 0.717) is 0 Å². The van der Waals surface area contributed by atoms with Gasteiger partial charge in [0.15, 0.2) is 6.10 Å². The maximum atomic E-state index is 13.1. The molecule has 2 atom stereocenters. The second kappa shape index (κ2) is 7.08. The Morgan fingerprint density at radius 1 is 1.33 bits per heavy atom. The molecule has 1 aliphatic heterocycles. The predicted molar refractivity (Wildman–Crippen MR) is 75.4 cm³/mol. The average Bonchev–Trinajstić information content (AvgIpc) is 3.02. The van der Waals surface area contributed by atoms with Gasteiger partial charge in [-0.3, -0.25) is 4.79 Å². The third kappa shape index (κ3) is 4.16. The Morgan fingerprint density at radius 3 is 2.54 bits per heavy atom. The van der Waals surface area contributed by atoms with Crippen LogP contribution in [0.15, 0.2) is 18.2 Å². The molecule has 0 saturated carbocycles. The van der Waals surface area contributed by atoms with E-state index in [1.54, 1.807) is 0 Å². The summed E-state index contributed by atoms with van der Waals surface area (Å²) in [5, 5.41) is 11.2. The quantitative estimate of drug-likeness (QED) is 0.851. The van der Waals surface area contributed by atoms with E-state index < -0.39 is 35.8 Å². The van der Waals surface area contributed by atoms with E-state index in [-0.39, 0.29) is 30.7 Å². The molecule has 9 heteroatoms. The number of benzene rings is 1. The number of ether oxygens (including phenoxy) is 2. The lowest BCUT2D eigenvalue weighted by atomic mass is 10.1. The lowest BCUT2D eigenvalue weighted by Gasteiger charge is -2.16. The van der Waals surface area contributed by atoms with Crippen LogP contribution in [0.5, 0.6) is 5.75 Å². The van der Waals surface area contributed by atoms with E-state index in [1.807, 2.05) is 0 Å². The highest BCUT2D eigenvalue weighted by molar-refractivity contribution is 5.82. The first-order valence-corrected chi connectivity index (χ1v) is 7.12. The minimum absolute atomic E-state index is 0.0563. The molecule has 1 aromatic rings. The van der Waals surface area contributed by atoms with Crippen LogP contribution in [0.1, 0.15) is 24.0 Å². The van der Waals surface area contributed by atoms with Crippen LogP contribution in [-0.2, 0) is 27.0 Å². The van der Waals surface area contributed by atoms with Crippen LogP contribution >= 0.6 is 0 Å². The van der Waals surface area contributed by atoms with Crippen molar-refractivity contribution in [1.82, 2.24) is 5.32 Å². The molecular weight excluding hydrogens is 331 g/mol. The molecule has 0 aromatic heterocycles. The smallest absolute Gasteiger partial charge is 0.416 e. The van der Waals surface area contributed by atoms with Gasteiger partial charge in [0.2, 0.25) is 5.91 Å². The maximum absolute atomic E-state index is 13.1. The summed E-state index contributed by atoms with van der Waals surface area (Å²) >= 11 is 0.